The maximum Gasteiger partial charge on any atom is 0.257 e. The molecule has 0 aliphatic heterocycles. The van der Waals surface area contributed by atoms with Crippen molar-refractivity contribution in [3.05, 3.63) is 29.8 Å². The van der Waals surface area contributed by atoms with Crippen molar-refractivity contribution in [2.75, 3.05) is 19.7 Å². The van der Waals surface area contributed by atoms with Crippen LogP contribution in [-0.4, -0.2) is 31.5 Å². The molecule has 6 nitrogen and oxygen atoms in total. The minimum atomic E-state index is -0.155. The van der Waals surface area contributed by atoms with E-state index in [2.05, 4.69) is 10.6 Å². The number of carbonyl (C=O) groups is 2. The van der Waals surface area contributed by atoms with Crippen LogP contribution >= 0.6 is 0 Å². The van der Waals surface area contributed by atoms with E-state index in [4.69, 9.17) is 10.5 Å². The van der Waals surface area contributed by atoms with E-state index < -0.39 is 0 Å². The Balaban J connectivity index is 2.41. The Morgan fingerprint density at radius 3 is 2.76 bits per heavy atom. The lowest BCUT2D eigenvalue weighted by Crippen LogP contribution is -2.28. The Hall–Kier alpha value is -2.08. The van der Waals surface area contributed by atoms with E-state index in [1.54, 1.807) is 6.07 Å². The number of likely N-dealkylation sites (N-methyl/N-ethyl adjacent to an activating group) is 1. The molecule has 2 amide bonds. The van der Waals surface area contributed by atoms with Gasteiger partial charge in [-0.05, 0) is 37.6 Å². The Morgan fingerprint density at radius 1 is 1.24 bits per heavy atom. The number of hydrogen-bond acceptors (Lipinski definition) is 4. The van der Waals surface area contributed by atoms with Crippen molar-refractivity contribution in [3.63, 3.8) is 0 Å². The largest absolute Gasteiger partial charge is 0.484 e. The molecule has 0 aromatic heterocycles. The maximum atomic E-state index is 11.5. The Labute approximate surface area is 125 Å². The summed E-state index contributed by atoms with van der Waals surface area (Å²) in [6.45, 7) is 3.36. The zero-order chi connectivity index (χ0) is 15.5. The van der Waals surface area contributed by atoms with Crippen molar-refractivity contribution in [2.24, 2.45) is 5.73 Å². The highest BCUT2D eigenvalue weighted by Gasteiger charge is 2.03. The molecule has 116 valence electrons. The molecular formula is C15H23N3O3. The average molecular weight is 293 g/mol. The van der Waals surface area contributed by atoms with Crippen molar-refractivity contribution < 1.29 is 14.3 Å². The lowest BCUT2D eigenvalue weighted by molar-refractivity contribution is -0.123. The van der Waals surface area contributed by atoms with E-state index >= 15 is 0 Å². The summed E-state index contributed by atoms with van der Waals surface area (Å²) in [5.41, 5.74) is 6.27. The maximum absolute atomic E-state index is 11.5. The van der Waals surface area contributed by atoms with Crippen molar-refractivity contribution in [3.8, 4) is 5.75 Å². The second-order valence-corrected chi connectivity index (χ2v) is 4.56. The fraction of sp³-hybridized carbons (Fsp3) is 0.467. The van der Waals surface area contributed by atoms with Gasteiger partial charge < -0.3 is 21.1 Å². The number of hydrogen-bond donors (Lipinski definition) is 3. The van der Waals surface area contributed by atoms with E-state index in [1.807, 2.05) is 25.1 Å². The summed E-state index contributed by atoms with van der Waals surface area (Å²) >= 11 is 0. The number of carbonyl (C=O) groups excluding carboxylic acids is 2. The van der Waals surface area contributed by atoms with Gasteiger partial charge in [-0.1, -0.05) is 12.1 Å². The van der Waals surface area contributed by atoms with Gasteiger partial charge in [-0.15, -0.1) is 0 Å². The summed E-state index contributed by atoms with van der Waals surface area (Å²) in [7, 11) is 0. The zero-order valence-corrected chi connectivity index (χ0v) is 12.4. The van der Waals surface area contributed by atoms with Crippen molar-refractivity contribution in [1.29, 1.82) is 0 Å². The van der Waals surface area contributed by atoms with Crippen LogP contribution in [0, 0.1) is 0 Å². The quantitative estimate of drug-likeness (QED) is 0.620. The lowest BCUT2D eigenvalue weighted by Gasteiger charge is -2.09. The van der Waals surface area contributed by atoms with E-state index in [-0.39, 0.29) is 18.4 Å². The molecule has 1 rings (SSSR count). The average Bonchev–Trinajstić information content (AvgIpc) is 2.49. The highest BCUT2D eigenvalue weighted by molar-refractivity contribution is 5.77. The number of rotatable bonds is 9. The Kier molecular flexibility index (Phi) is 7.89. The van der Waals surface area contributed by atoms with E-state index in [1.165, 1.54) is 0 Å². The first-order chi connectivity index (χ1) is 10.2. The fourth-order valence-corrected chi connectivity index (χ4v) is 1.69. The fourth-order valence-electron chi connectivity index (χ4n) is 1.69. The molecule has 4 N–H and O–H groups in total. The van der Waals surface area contributed by atoms with Gasteiger partial charge >= 0.3 is 0 Å². The zero-order valence-electron chi connectivity index (χ0n) is 12.4. The van der Waals surface area contributed by atoms with Crippen molar-refractivity contribution >= 4 is 11.8 Å². The second kappa shape index (κ2) is 9.77. The molecule has 0 unspecified atom stereocenters. The molecule has 1 aromatic rings. The van der Waals surface area contributed by atoms with Crippen LogP contribution in [-0.2, 0) is 16.1 Å². The summed E-state index contributed by atoms with van der Waals surface area (Å²) in [6.07, 6.45) is 1.12. The van der Waals surface area contributed by atoms with Crippen molar-refractivity contribution in [2.45, 2.75) is 26.3 Å². The first-order valence-electron chi connectivity index (χ1n) is 7.11. The highest BCUT2D eigenvalue weighted by Crippen LogP contribution is 2.13. The van der Waals surface area contributed by atoms with Crippen LogP contribution in [0.2, 0.25) is 0 Å². The lowest BCUT2D eigenvalue weighted by atomic mass is 10.2. The van der Waals surface area contributed by atoms with Crippen LogP contribution in [0.15, 0.2) is 24.3 Å². The number of nitrogens with one attached hydrogen (secondary N) is 2. The second-order valence-electron chi connectivity index (χ2n) is 4.56. The number of amides is 2. The molecular weight excluding hydrogens is 270 g/mol. The summed E-state index contributed by atoms with van der Waals surface area (Å²) in [5.74, 6) is 0.432. The summed E-state index contributed by atoms with van der Waals surface area (Å²) in [4.78, 5) is 22.8. The third-order valence-electron chi connectivity index (χ3n) is 2.74. The van der Waals surface area contributed by atoms with Gasteiger partial charge in [-0.3, -0.25) is 9.59 Å². The molecule has 0 spiro atoms. The first-order valence-corrected chi connectivity index (χ1v) is 7.11. The van der Waals surface area contributed by atoms with Crippen LogP contribution < -0.4 is 21.1 Å². The molecule has 0 aliphatic rings. The van der Waals surface area contributed by atoms with E-state index in [0.29, 0.717) is 38.2 Å². The molecule has 6 heteroatoms. The highest BCUT2D eigenvalue weighted by atomic mass is 16.5. The van der Waals surface area contributed by atoms with Crippen molar-refractivity contribution in [1.82, 2.24) is 10.6 Å². The Bertz CT molecular complexity index is 463. The number of ether oxygens (including phenoxy) is 1. The SMILES string of the molecule is CCNC(=O)COc1cccc(CNC(=O)CCCN)c1. The predicted molar refractivity (Wildman–Crippen MR) is 80.8 cm³/mol. The molecule has 0 atom stereocenters. The topological polar surface area (TPSA) is 93.5 Å². The summed E-state index contributed by atoms with van der Waals surface area (Å²) in [6, 6.07) is 7.30. The molecule has 0 saturated carbocycles. The van der Waals surface area contributed by atoms with Crippen LogP contribution in [0.1, 0.15) is 25.3 Å². The minimum absolute atomic E-state index is 0.0137. The minimum Gasteiger partial charge on any atom is -0.484 e. The van der Waals surface area contributed by atoms with Crippen LogP contribution in [0.4, 0.5) is 0 Å². The van der Waals surface area contributed by atoms with Gasteiger partial charge in [0.1, 0.15) is 5.75 Å². The van der Waals surface area contributed by atoms with E-state index in [0.717, 1.165) is 5.56 Å². The van der Waals surface area contributed by atoms with Gasteiger partial charge in [-0.2, -0.15) is 0 Å². The molecule has 0 fully saturated rings. The van der Waals surface area contributed by atoms with Gasteiger partial charge in [0, 0.05) is 19.5 Å². The summed E-state index contributed by atoms with van der Waals surface area (Å²) < 4.78 is 5.39. The van der Waals surface area contributed by atoms with Gasteiger partial charge in [0.2, 0.25) is 5.91 Å². The molecule has 1 aromatic carbocycles. The molecule has 0 bridgehead atoms. The smallest absolute Gasteiger partial charge is 0.257 e. The summed E-state index contributed by atoms with van der Waals surface area (Å²) in [5, 5.41) is 5.48. The monoisotopic (exact) mass is 293 g/mol. The Morgan fingerprint density at radius 2 is 2.05 bits per heavy atom. The molecule has 0 saturated heterocycles. The van der Waals surface area contributed by atoms with Crippen LogP contribution in [0.25, 0.3) is 0 Å². The molecule has 0 heterocycles. The standard InChI is InChI=1S/C15H23N3O3/c1-2-17-15(20)11-21-13-6-3-5-12(9-13)10-18-14(19)7-4-8-16/h3,5-6,9H,2,4,7-8,10-11,16H2,1H3,(H,17,20)(H,18,19). The van der Waals surface area contributed by atoms with Gasteiger partial charge in [0.05, 0.1) is 0 Å². The molecule has 21 heavy (non-hydrogen) atoms. The third-order valence-corrected chi connectivity index (χ3v) is 2.74. The first kappa shape index (κ1) is 17.0. The molecule has 0 aliphatic carbocycles. The van der Waals surface area contributed by atoms with Gasteiger partial charge in [0.25, 0.3) is 5.91 Å². The van der Waals surface area contributed by atoms with E-state index in [9.17, 15) is 9.59 Å². The third kappa shape index (κ3) is 7.31. The number of benzene rings is 1. The normalized spacial score (nSPS) is 10.0. The molecule has 0 radical (unpaired) electrons. The number of nitrogens with two attached hydrogens (primary N) is 1. The van der Waals surface area contributed by atoms with Gasteiger partial charge in [-0.25, -0.2) is 0 Å². The van der Waals surface area contributed by atoms with Gasteiger partial charge in [0.15, 0.2) is 6.61 Å². The van der Waals surface area contributed by atoms with Crippen LogP contribution in [0.3, 0.4) is 0 Å². The van der Waals surface area contributed by atoms with Crippen LogP contribution in [0.5, 0.6) is 5.75 Å². The predicted octanol–water partition coefficient (Wildman–Crippen LogP) is 0.557.